The molecule has 3 aromatic heterocycles. The maximum atomic E-state index is 12.9. The lowest BCUT2D eigenvalue weighted by molar-refractivity contribution is -0.119. The number of aryl methyl sites for hydroxylation is 1. The van der Waals surface area contributed by atoms with Gasteiger partial charge in [-0.2, -0.15) is 0 Å². The van der Waals surface area contributed by atoms with Gasteiger partial charge in [0.15, 0.2) is 5.13 Å². The van der Waals surface area contributed by atoms with E-state index in [0.717, 1.165) is 10.2 Å². The molecule has 0 aliphatic rings. The summed E-state index contributed by atoms with van der Waals surface area (Å²) in [7, 11) is 1.60. The first-order valence-electron chi connectivity index (χ1n) is 8.75. The van der Waals surface area contributed by atoms with Crippen molar-refractivity contribution in [3.05, 3.63) is 52.4 Å². The maximum absolute atomic E-state index is 12.9. The molecular weight excluding hydrogens is 396 g/mol. The van der Waals surface area contributed by atoms with Gasteiger partial charge >= 0.3 is 0 Å². The summed E-state index contributed by atoms with van der Waals surface area (Å²) in [6.45, 7) is 1.08. The van der Waals surface area contributed by atoms with Crippen LogP contribution in [0, 0.1) is 0 Å². The van der Waals surface area contributed by atoms with Crippen molar-refractivity contribution in [2.45, 2.75) is 13.0 Å². The van der Waals surface area contributed by atoms with Crippen LogP contribution in [0.4, 0.5) is 5.13 Å². The molecule has 0 unspecified atom stereocenters. The smallest absolute Gasteiger partial charge is 0.262 e. The van der Waals surface area contributed by atoms with E-state index in [1.54, 1.807) is 18.1 Å². The van der Waals surface area contributed by atoms with Crippen molar-refractivity contribution < 1.29 is 9.53 Å². The van der Waals surface area contributed by atoms with Gasteiger partial charge in [0.05, 0.1) is 35.1 Å². The molecule has 9 heteroatoms. The zero-order valence-corrected chi connectivity index (χ0v) is 16.8. The standard InChI is InChI=1S/C19H18N4O3S2/c1-26-10-9-23(19-21-14-4-2-3-5-15(14)28-19)16(24)6-8-22-12-20-17-13(18(22)25)7-11-27-17/h2-5,7,11-12H,6,8-10H2,1H3. The lowest BCUT2D eigenvalue weighted by Crippen LogP contribution is -2.35. The van der Waals surface area contributed by atoms with E-state index in [1.807, 2.05) is 29.6 Å². The average molecular weight is 415 g/mol. The average Bonchev–Trinajstić information content (AvgIpc) is 3.35. The highest BCUT2D eigenvalue weighted by atomic mass is 32.1. The van der Waals surface area contributed by atoms with Crippen LogP contribution in [0.15, 0.2) is 46.8 Å². The molecule has 0 saturated carbocycles. The SMILES string of the molecule is COCCN(C(=O)CCn1cnc2sccc2c1=O)c1nc2ccccc2s1. The van der Waals surface area contributed by atoms with Gasteiger partial charge in [0, 0.05) is 20.1 Å². The number of anilines is 1. The summed E-state index contributed by atoms with van der Waals surface area (Å²) in [4.78, 5) is 36.6. The number of ether oxygens (including phenoxy) is 1. The predicted octanol–water partition coefficient (Wildman–Crippen LogP) is 3.14. The first-order valence-corrected chi connectivity index (χ1v) is 10.4. The maximum Gasteiger partial charge on any atom is 0.262 e. The van der Waals surface area contributed by atoms with Crippen LogP contribution in [-0.4, -0.2) is 40.7 Å². The van der Waals surface area contributed by atoms with Gasteiger partial charge < -0.3 is 4.74 Å². The molecule has 0 aliphatic carbocycles. The second-order valence-corrected chi connectivity index (χ2v) is 8.04. The Kier molecular flexibility index (Phi) is 5.47. The summed E-state index contributed by atoms with van der Waals surface area (Å²) in [6.07, 6.45) is 1.68. The summed E-state index contributed by atoms with van der Waals surface area (Å²) < 4.78 is 7.67. The van der Waals surface area contributed by atoms with Crippen LogP contribution in [0.2, 0.25) is 0 Å². The van der Waals surface area contributed by atoms with Crippen LogP contribution in [0.5, 0.6) is 0 Å². The number of methoxy groups -OCH3 is 1. The third-order valence-electron chi connectivity index (χ3n) is 4.35. The molecule has 144 valence electrons. The summed E-state index contributed by atoms with van der Waals surface area (Å²) in [6, 6.07) is 9.55. The van der Waals surface area contributed by atoms with Crippen molar-refractivity contribution in [2.24, 2.45) is 0 Å². The number of hydrogen-bond donors (Lipinski definition) is 0. The van der Waals surface area contributed by atoms with Crippen LogP contribution in [0.1, 0.15) is 6.42 Å². The topological polar surface area (TPSA) is 77.3 Å². The van der Waals surface area contributed by atoms with Gasteiger partial charge in [0.1, 0.15) is 4.83 Å². The summed E-state index contributed by atoms with van der Waals surface area (Å²) >= 11 is 2.90. The number of benzene rings is 1. The number of hydrogen-bond acceptors (Lipinski definition) is 7. The monoisotopic (exact) mass is 414 g/mol. The van der Waals surface area contributed by atoms with Gasteiger partial charge in [-0.1, -0.05) is 23.5 Å². The molecule has 0 fully saturated rings. The van der Waals surface area contributed by atoms with Crippen LogP contribution >= 0.6 is 22.7 Å². The van der Waals surface area contributed by atoms with E-state index >= 15 is 0 Å². The van der Waals surface area contributed by atoms with Crippen LogP contribution in [0.25, 0.3) is 20.4 Å². The molecule has 0 N–H and O–H groups in total. The molecule has 0 atom stereocenters. The van der Waals surface area contributed by atoms with Gasteiger partial charge in [0.2, 0.25) is 5.91 Å². The fraction of sp³-hybridized carbons (Fsp3) is 0.263. The fourth-order valence-electron chi connectivity index (χ4n) is 2.89. The second kappa shape index (κ2) is 8.17. The number of thiophene rings is 1. The van der Waals surface area contributed by atoms with Crippen LogP contribution < -0.4 is 10.5 Å². The Balaban J connectivity index is 1.55. The van der Waals surface area contributed by atoms with Crippen molar-refractivity contribution in [2.75, 3.05) is 25.2 Å². The van der Waals surface area contributed by atoms with E-state index in [1.165, 1.54) is 33.6 Å². The Bertz CT molecular complexity index is 1150. The van der Waals surface area contributed by atoms with Crippen molar-refractivity contribution in [3.63, 3.8) is 0 Å². The van der Waals surface area contributed by atoms with E-state index in [4.69, 9.17) is 4.74 Å². The second-order valence-electron chi connectivity index (χ2n) is 6.13. The molecule has 7 nitrogen and oxygen atoms in total. The first-order chi connectivity index (χ1) is 13.7. The number of rotatable bonds is 7. The Hall–Kier alpha value is -2.62. The van der Waals surface area contributed by atoms with Crippen molar-refractivity contribution in [1.29, 1.82) is 0 Å². The Labute approximate surface area is 168 Å². The molecule has 0 spiro atoms. The molecule has 3 heterocycles. The predicted molar refractivity (Wildman–Crippen MR) is 112 cm³/mol. The summed E-state index contributed by atoms with van der Waals surface area (Å²) in [5, 5.41) is 3.07. The number of thiazole rings is 1. The molecule has 1 amide bonds. The lowest BCUT2D eigenvalue weighted by atomic mass is 10.3. The van der Waals surface area contributed by atoms with Crippen molar-refractivity contribution >= 4 is 54.1 Å². The minimum atomic E-state index is -0.123. The number of para-hydroxylation sites is 1. The fourth-order valence-corrected chi connectivity index (χ4v) is 4.62. The molecule has 0 saturated heterocycles. The molecule has 4 aromatic rings. The number of carbonyl (C=O) groups excluding carboxylic acids is 1. The molecule has 28 heavy (non-hydrogen) atoms. The van der Waals surface area contributed by atoms with E-state index < -0.39 is 0 Å². The Morgan fingerprint density at radius 3 is 2.96 bits per heavy atom. The molecule has 0 radical (unpaired) electrons. The van der Waals surface area contributed by atoms with Crippen molar-refractivity contribution in [1.82, 2.24) is 14.5 Å². The first kappa shape index (κ1) is 18.7. The quantitative estimate of drug-likeness (QED) is 0.464. The zero-order valence-electron chi connectivity index (χ0n) is 15.2. The molecular formula is C19H18N4O3S2. The Morgan fingerprint density at radius 2 is 2.14 bits per heavy atom. The lowest BCUT2D eigenvalue weighted by Gasteiger charge is -2.19. The zero-order chi connectivity index (χ0) is 19.5. The molecule has 0 aliphatic heterocycles. The molecule has 1 aromatic carbocycles. The van der Waals surface area contributed by atoms with Crippen LogP contribution in [-0.2, 0) is 16.1 Å². The van der Waals surface area contributed by atoms with Crippen molar-refractivity contribution in [3.8, 4) is 0 Å². The minimum Gasteiger partial charge on any atom is -0.383 e. The number of carbonyl (C=O) groups is 1. The summed E-state index contributed by atoms with van der Waals surface area (Å²) in [5.41, 5.74) is 0.739. The third kappa shape index (κ3) is 3.68. The summed E-state index contributed by atoms with van der Waals surface area (Å²) in [5.74, 6) is -0.103. The largest absolute Gasteiger partial charge is 0.383 e. The highest BCUT2D eigenvalue weighted by molar-refractivity contribution is 7.22. The molecule has 0 bridgehead atoms. The number of fused-ring (bicyclic) bond motifs is 2. The number of nitrogens with zero attached hydrogens (tertiary/aromatic N) is 4. The highest BCUT2D eigenvalue weighted by Gasteiger charge is 2.20. The van der Waals surface area contributed by atoms with Gasteiger partial charge in [0.25, 0.3) is 5.56 Å². The Morgan fingerprint density at radius 1 is 1.29 bits per heavy atom. The van der Waals surface area contributed by atoms with Gasteiger partial charge in [-0.3, -0.25) is 19.1 Å². The van der Waals surface area contributed by atoms with E-state index in [-0.39, 0.29) is 24.4 Å². The van der Waals surface area contributed by atoms with Gasteiger partial charge in [-0.15, -0.1) is 11.3 Å². The van der Waals surface area contributed by atoms with E-state index in [2.05, 4.69) is 9.97 Å². The normalized spacial score (nSPS) is 11.3. The third-order valence-corrected chi connectivity index (χ3v) is 6.23. The number of amides is 1. The van der Waals surface area contributed by atoms with E-state index in [0.29, 0.717) is 28.5 Å². The highest BCUT2D eigenvalue weighted by Crippen LogP contribution is 2.29. The van der Waals surface area contributed by atoms with Gasteiger partial charge in [-0.05, 0) is 23.6 Å². The molecule has 4 rings (SSSR count). The van der Waals surface area contributed by atoms with E-state index in [9.17, 15) is 9.59 Å². The van der Waals surface area contributed by atoms with Crippen LogP contribution in [0.3, 0.4) is 0 Å². The van der Waals surface area contributed by atoms with Gasteiger partial charge in [-0.25, -0.2) is 9.97 Å². The number of aromatic nitrogens is 3. The minimum absolute atomic E-state index is 0.103.